The third kappa shape index (κ3) is 2.41. The summed E-state index contributed by atoms with van der Waals surface area (Å²) in [5.74, 6) is 0.543. The Kier molecular flexibility index (Phi) is 3.33. The van der Waals surface area contributed by atoms with Crippen LogP contribution in [0.5, 0.6) is 0 Å². The van der Waals surface area contributed by atoms with Crippen molar-refractivity contribution in [1.29, 1.82) is 0 Å². The fraction of sp³-hybridized carbons (Fsp3) is 0.692. The average Bonchev–Trinajstić information content (AvgIpc) is 2.73. The summed E-state index contributed by atoms with van der Waals surface area (Å²) in [6.07, 6.45) is 2.47. The molecule has 4 nitrogen and oxygen atoms in total. The topological polar surface area (TPSA) is 44.1 Å². The van der Waals surface area contributed by atoms with Gasteiger partial charge in [-0.3, -0.25) is 9.48 Å². The summed E-state index contributed by atoms with van der Waals surface area (Å²) in [7, 11) is 1.86. The molecule has 0 spiro atoms. The first-order valence-corrected chi connectivity index (χ1v) is 6.15. The van der Waals surface area contributed by atoms with Gasteiger partial charge in [0.05, 0.1) is 24.3 Å². The van der Waals surface area contributed by atoms with Crippen molar-refractivity contribution in [2.75, 3.05) is 0 Å². The highest BCUT2D eigenvalue weighted by Crippen LogP contribution is 2.33. The molecule has 1 aliphatic heterocycles. The van der Waals surface area contributed by atoms with Crippen molar-refractivity contribution in [3.8, 4) is 0 Å². The summed E-state index contributed by atoms with van der Waals surface area (Å²) in [5, 5.41) is 4.25. The molecule has 0 bridgehead atoms. The van der Waals surface area contributed by atoms with Gasteiger partial charge in [-0.15, -0.1) is 0 Å². The molecule has 1 fully saturated rings. The minimum absolute atomic E-state index is 0.00649. The second-order valence-corrected chi connectivity index (χ2v) is 5.06. The molecule has 0 aliphatic carbocycles. The van der Waals surface area contributed by atoms with Crippen LogP contribution in [0.4, 0.5) is 0 Å². The van der Waals surface area contributed by atoms with E-state index in [1.54, 1.807) is 4.68 Å². The van der Waals surface area contributed by atoms with Crippen LogP contribution in [-0.4, -0.2) is 27.8 Å². The van der Waals surface area contributed by atoms with E-state index in [4.69, 9.17) is 4.74 Å². The number of aryl methyl sites for hydroxylation is 1. The van der Waals surface area contributed by atoms with Gasteiger partial charge >= 0.3 is 0 Å². The number of carbonyl (C=O) groups is 1. The van der Waals surface area contributed by atoms with Gasteiger partial charge in [-0.25, -0.2) is 0 Å². The maximum atomic E-state index is 12.3. The zero-order valence-corrected chi connectivity index (χ0v) is 10.9. The van der Waals surface area contributed by atoms with E-state index in [1.165, 1.54) is 0 Å². The van der Waals surface area contributed by atoms with Crippen molar-refractivity contribution >= 4 is 5.78 Å². The van der Waals surface area contributed by atoms with E-state index in [-0.39, 0.29) is 23.9 Å². The first kappa shape index (κ1) is 12.3. The second kappa shape index (κ2) is 4.61. The molecule has 0 amide bonds. The minimum Gasteiger partial charge on any atom is -0.375 e. The van der Waals surface area contributed by atoms with Crippen molar-refractivity contribution in [2.45, 2.75) is 39.4 Å². The van der Waals surface area contributed by atoms with Crippen LogP contribution in [0, 0.1) is 11.8 Å². The smallest absolute Gasteiger partial charge is 0.144 e. The van der Waals surface area contributed by atoms with E-state index in [0.717, 1.165) is 5.69 Å². The van der Waals surface area contributed by atoms with Gasteiger partial charge < -0.3 is 4.74 Å². The number of ketones is 1. The molecule has 1 aromatic heterocycles. The standard InChI is InChI=1S/C13H20N2O2/c1-8-9(2)17-10(3)13(8)12(16)7-11-5-6-15(4)14-11/h5-6,8-10,13H,7H2,1-4H3. The van der Waals surface area contributed by atoms with Crippen molar-refractivity contribution in [2.24, 2.45) is 18.9 Å². The normalized spacial score (nSPS) is 32.9. The predicted molar refractivity (Wildman–Crippen MR) is 64.6 cm³/mol. The quantitative estimate of drug-likeness (QED) is 0.800. The Morgan fingerprint density at radius 2 is 2.12 bits per heavy atom. The summed E-state index contributed by atoms with van der Waals surface area (Å²) < 4.78 is 7.43. The molecule has 2 rings (SSSR count). The second-order valence-electron chi connectivity index (χ2n) is 5.06. The Morgan fingerprint density at radius 3 is 2.59 bits per heavy atom. The molecule has 0 saturated carbocycles. The molecule has 1 saturated heterocycles. The number of ether oxygens (including phenoxy) is 1. The number of hydrogen-bond acceptors (Lipinski definition) is 3. The third-order valence-corrected chi connectivity index (χ3v) is 3.74. The lowest BCUT2D eigenvalue weighted by Gasteiger charge is -2.16. The van der Waals surface area contributed by atoms with Gasteiger partial charge in [0.15, 0.2) is 0 Å². The summed E-state index contributed by atoms with van der Waals surface area (Å²) in [6.45, 7) is 6.12. The molecule has 1 aromatic rings. The van der Waals surface area contributed by atoms with Crippen LogP contribution in [0.2, 0.25) is 0 Å². The highest BCUT2D eigenvalue weighted by Gasteiger charge is 2.41. The monoisotopic (exact) mass is 236 g/mol. The van der Waals surface area contributed by atoms with E-state index in [9.17, 15) is 4.79 Å². The van der Waals surface area contributed by atoms with Crippen molar-refractivity contribution in [1.82, 2.24) is 9.78 Å². The molecule has 4 unspecified atom stereocenters. The summed E-state index contributed by atoms with van der Waals surface area (Å²) in [5.41, 5.74) is 0.844. The first-order valence-electron chi connectivity index (χ1n) is 6.15. The molecule has 2 heterocycles. The maximum absolute atomic E-state index is 12.3. The first-order chi connectivity index (χ1) is 7.99. The lowest BCUT2D eigenvalue weighted by molar-refractivity contribution is -0.124. The van der Waals surface area contributed by atoms with E-state index < -0.39 is 0 Å². The highest BCUT2D eigenvalue weighted by molar-refractivity contribution is 5.84. The highest BCUT2D eigenvalue weighted by atomic mass is 16.5. The van der Waals surface area contributed by atoms with Gasteiger partial charge in [0, 0.05) is 19.2 Å². The Morgan fingerprint density at radius 1 is 1.41 bits per heavy atom. The van der Waals surface area contributed by atoms with Gasteiger partial charge in [-0.1, -0.05) is 6.92 Å². The van der Waals surface area contributed by atoms with E-state index in [0.29, 0.717) is 12.3 Å². The van der Waals surface area contributed by atoms with E-state index in [2.05, 4.69) is 12.0 Å². The Balaban J connectivity index is 2.05. The Labute approximate surface area is 102 Å². The number of nitrogens with zero attached hydrogens (tertiary/aromatic N) is 2. The molecule has 17 heavy (non-hydrogen) atoms. The molecular formula is C13H20N2O2. The van der Waals surface area contributed by atoms with Crippen LogP contribution < -0.4 is 0 Å². The zero-order valence-electron chi connectivity index (χ0n) is 10.9. The fourth-order valence-electron chi connectivity index (χ4n) is 2.68. The van der Waals surface area contributed by atoms with E-state index >= 15 is 0 Å². The Hall–Kier alpha value is -1.16. The van der Waals surface area contributed by atoms with Crippen LogP contribution in [0.3, 0.4) is 0 Å². The number of hydrogen-bond donors (Lipinski definition) is 0. The zero-order chi connectivity index (χ0) is 12.6. The maximum Gasteiger partial charge on any atom is 0.144 e. The number of rotatable bonds is 3. The molecule has 0 radical (unpaired) electrons. The molecule has 1 aliphatic rings. The third-order valence-electron chi connectivity index (χ3n) is 3.74. The van der Waals surface area contributed by atoms with Gasteiger partial charge in [-0.2, -0.15) is 5.10 Å². The molecule has 0 N–H and O–H groups in total. The van der Waals surface area contributed by atoms with Crippen LogP contribution in [-0.2, 0) is 23.0 Å². The summed E-state index contributed by atoms with van der Waals surface area (Å²) in [6, 6.07) is 1.90. The van der Waals surface area contributed by atoms with Crippen molar-refractivity contribution < 1.29 is 9.53 Å². The molecular weight excluding hydrogens is 216 g/mol. The Bertz CT molecular complexity index is 413. The molecule has 94 valence electrons. The number of carbonyl (C=O) groups excluding carboxylic acids is 1. The number of aromatic nitrogens is 2. The fourth-order valence-corrected chi connectivity index (χ4v) is 2.68. The lowest BCUT2D eigenvalue weighted by Crippen LogP contribution is -2.28. The molecule has 4 heteroatoms. The minimum atomic E-state index is 0.00649. The van der Waals surface area contributed by atoms with Crippen LogP contribution in [0.1, 0.15) is 26.5 Å². The van der Waals surface area contributed by atoms with Gasteiger partial charge in [-0.05, 0) is 25.8 Å². The van der Waals surface area contributed by atoms with Crippen LogP contribution in [0.25, 0.3) is 0 Å². The van der Waals surface area contributed by atoms with Crippen molar-refractivity contribution in [3.05, 3.63) is 18.0 Å². The lowest BCUT2D eigenvalue weighted by atomic mass is 9.84. The van der Waals surface area contributed by atoms with Gasteiger partial charge in [0.1, 0.15) is 5.78 Å². The summed E-state index contributed by atoms with van der Waals surface area (Å²) in [4.78, 5) is 12.3. The van der Waals surface area contributed by atoms with Crippen molar-refractivity contribution in [3.63, 3.8) is 0 Å². The largest absolute Gasteiger partial charge is 0.375 e. The number of Topliss-reactive ketones (excluding diaryl/α,β-unsaturated/α-hetero) is 1. The van der Waals surface area contributed by atoms with Gasteiger partial charge in [0.2, 0.25) is 0 Å². The predicted octanol–water partition coefficient (Wildman–Crippen LogP) is 1.59. The van der Waals surface area contributed by atoms with E-state index in [1.807, 2.05) is 33.2 Å². The summed E-state index contributed by atoms with van der Waals surface area (Å²) >= 11 is 0. The average molecular weight is 236 g/mol. The van der Waals surface area contributed by atoms with Gasteiger partial charge in [0.25, 0.3) is 0 Å². The molecule has 0 aromatic carbocycles. The SMILES string of the molecule is CC1OC(C)C(C(=O)Cc2ccn(C)n2)C1C. The molecule has 4 atom stereocenters. The van der Waals surface area contributed by atoms with Crippen LogP contribution >= 0.6 is 0 Å². The van der Waals surface area contributed by atoms with Crippen LogP contribution in [0.15, 0.2) is 12.3 Å².